The van der Waals surface area contributed by atoms with E-state index in [2.05, 4.69) is 9.98 Å². The largest absolute Gasteiger partial charge is 0.242 e. The molecule has 0 saturated carbocycles. The molecular formula is C6H3FN2O. The maximum absolute atomic E-state index is 12.4. The van der Waals surface area contributed by atoms with Crippen molar-refractivity contribution >= 4 is 11.9 Å². The lowest BCUT2D eigenvalue weighted by molar-refractivity contribution is 0.564. The molecule has 0 bridgehead atoms. The molecule has 0 fully saturated rings. The number of carbonyl (C=O) groups excluding carboxylic acids is 1. The number of rotatable bonds is 1. The predicted octanol–water partition coefficient (Wildman–Crippen LogP) is 1.19. The highest BCUT2D eigenvalue weighted by Crippen LogP contribution is 2.10. The van der Waals surface area contributed by atoms with Crippen LogP contribution in [0.15, 0.2) is 23.3 Å². The van der Waals surface area contributed by atoms with E-state index in [0.29, 0.717) is 0 Å². The number of halogens is 1. The lowest BCUT2D eigenvalue weighted by Gasteiger charge is -1.88. The summed E-state index contributed by atoms with van der Waals surface area (Å²) in [5.74, 6) is -0.844. The molecule has 0 atom stereocenters. The molecule has 0 aliphatic carbocycles. The maximum Gasteiger partial charge on any atom is 0.242 e. The highest BCUT2D eigenvalue weighted by Gasteiger charge is 1.96. The van der Waals surface area contributed by atoms with Crippen LogP contribution >= 0.6 is 0 Å². The summed E-state index contributed by atoms with van der Waals surface area (Å²) in [5, 5.41) is 0. The molecular weight excluding hydrogens is 135 g/mol. The molecule has 4 heteroatoms. The topological polar surface area (TPSA) is 42.3 Å². The van der Waals surface area contributed by atoms with Crippen LogP contribution < -0.4 is 0 Å². The Morgan fingerprint density at radius 2 is 2.50 bits per heavy atom. The minimum Gasteiger partial charge on any atom is -0.234 e. The summed E-state index contributed by atoms with van der Waals surface area (Å²) in [4.78, 5) is 16.1. The summed E-state index contributed by atoms with van der Waals surface area (Å²) in [6.07, 6.45) is 2.54. The van der Waals surface area contributed by atoms with Crippen LogP contribution in [-0.4, -0.2) is 11.1 Å². The summed E-state index contributed by atoms with van der Waals surface area (Å²) >= 11 is 0. The smallest absolute Gasteiger partial charge is 0.234 e. The van der Waals surface area contributed by atoms with Gasteiger partial charge in [0.1, 0.15) is 0 Å². The molecule has 0 unspecified atom stereocenters. The standard InChI is InChI=1S/C6H3FN2O/c7-5-2-1-3-8-6(5)9-4-10/h1-3H. The Hall–Kier alpha value is -1.54. The molecule has 0 N–H and O–H groups in total. The van der Waals surface area contributed by atoms with Crippen molar-refractivity contribution in [1.29, 1.82) is 0 Å². The van der Waals surface area contributed by atoms with E-state index < -0.39 is 5.82 Å². The first-order valence-corrected chi connectivity index (χ1v) is 2.53. The van der Waals surface area contributed by atoms with Crippen LogP contribution in [0.2, 0.25) is 0 Å². The molecule has 10 heavy (non-hydrogen) atoms. The van der Waals surface area contributed by atoms with Crippen molar-refractivity contribution in [2.75, 3.05) is 0 Å². The predicted molar refractivity (Wildman–Crippen MR) is 32.0 cm³/mol. The lowest BCUT2D eigenvalue weighted by Crippen LogP contribution is -1.77. The second kappa shape index (κ2) is 2.85. The van der Waals surface area contributed by atoms with Crippen molar-refractivity contribution < 1.29 is 9.18 Å². The molecule has 3 nitrogen and oxygen atoms in total. The number of hydrogen-bond acceptors (Lipinski definition) is 3. The van der Waals surface area contributed by atoms with Crippen LogP contribution in [-0.2, 0) is 4.79 Å². The molecule has 0 aromatic carbocycles. The van der Waals surface area contributed by atoms with Gasteiger partial charge in [0.15, 0.2) is 5.82 Å². The normalized spacial score (nSPS) is 8.50. The number of nitrogens with zero attached hydrogens (tertiary/aromatic N) is 2. The van der Waals surface area contributed by atoms with Crippen molar-refractivity contribution in [3.8, 4) is 0 Å². The molecule has 1 rings (SSSR count). The molecule has 0 spiro atoms. The molecule has 50 valence electrons. The van der Waals surface area contributed by atoms with Crippen LogP contribution in [0.5, 0.6) is 0 Å². The second-order valence-electron chi connectivity index (χ2n) is 1.51. The van der Waals surface area contributed by atoms with Gasteiger partial charge in [-0.1, -0.05) is 0 Å². The zero-order valence-electron chi connectivity index (χ0n) is 4.91. The van der Waals surface area contributed by atoms with E-state index in [1.165, 1.54) is 24.4 Å². The van der Waals surface area contributed by atoms with Crippen LogP contribution in [0.1, 0.15) is 0 Å². The van der Waals surface area contributed by atoms with E-state index in [1.807, 2.05) is 0 Å². The number of pyridine rings is 1. The summed E-state index contributed by atoms with van der Waals surface area (Å²) in [5.41, 5.74) is 0. The van der Waals surface area contributed by atoms with E-state index in [1.54, 1.807) is 0 Å². The van der Waals surface area contributed by atoms with Gasteiger partial charge in [0.25, 0.3) is 0 Å². The van der Waals surface area contributed by atoms with Crippen LogP contribution in [0.3, 0.4) is 0 Å². The molecule has 1 heterocycles. The molecule has 0 saturated heterocycles. The van der Waals surface area contributed by atoms with Crippen molar-refractivity contribution in [3.63, 3.8) is 0 Å². The zero-order chi connectivity index (χ0) is 7.40. The van der Waals surface area contributed by atoms with Crippen LogP contribution in [0.25, 0.3) is 0 Å². The van der Waals surface area contributed by atoms with Gasteiger partial charge in [0.2, 0.25) is 11.9 Å². The summed E-state index contributed by atoms with van der Waals surface area (Å²) in [7, 11) is 0. The van der Waals surface area contributed by atoms with Crippen molar-refractivity contribution in [2.45, 2.75) is 0 Å². The first-order chi connectivity index (χ1) is 4.84. The monoisotopic (exact) mass is 138 g/mol. The Labute approximate surface area is 56.2 Å². The van der Waals surface area contributed by atoms with Gasteiger partial charge in [-0.25, -0.2) is 14.2 Å². The van der Waals surface area contributed by atoms with Crippen molar-refractivity contribution in [1.82, 2.24) is 4.98 Å². The van der Waals surface area contributed by atoms with Gasteiger partial charge in [0, 0.05) is 6.20 Å². The minimum absolute atomic E-state index is 0.225. The molecule has 1 aromatic rings. The second-order valence-corrected chi connectivity index (χ2v) is 1.51. The molecule has 0 aliphatic rings. The van der Waals surface area contributed by atoms with Gasteiger partial charge in [-0.05, 0) is 12.1 Å². The third kappa shape index (κ3) is 1.24. The van der Waals surface area contributed by atoms with Gasteiger partial charge in [-0.15, -0.1) is 4.99 Å². The number of isocyanates is 1. The van der Waals surface area contributed by atoms with E-state index in [-0.39, 0.29) is 5.82 Å². The van der Waals surface area contributed by atoms with E-state index >= 15 is 0 Å². The molecule has 0 amide bonds. The Morgan fingerprint density at radius 1 is 1.70 bits per heavy atom. The minimum atomic E-state index is -0.620. The van der Waals surface area contributed by atoms with Crippen molar-refractivity contribution in [2.24, 2.45) is 4.99 Å². The first kappa shape index (κ1) is 6.58. The Balaban J connectivity index is 3.14. The summed E-state index contributed by atoms with van der Waals surface area (Å²) in [6.45, 7) is 0. The van der Waals surface area contributed by atoms with Crippen LogP contribution in [0, 0.1) is 5.82 Å². The van der Waals surface area contributed by atoms with Gasteiger partial charge < -0.3 is 0 Å². The Bertz CT molecular complexity index is 281. The fourth-order valence-electron chi connectivity index (χ4n) is 0.503. The quantitative estimate of drug-likeness (QED) is 0.432. The average Bonchev–Trinajstić information content (AvgIpc) is 1.94. The van der Waals surface area contributed by atoms with E-state index in [0.717, 1.165) is 0 Å². The maximum atomic E-state index is 12.4. The highest BCUT2D eigenvalue weighted by atomic mass is 19.1. The van der Waals surface area contributed by atoms with Crippen molar-refractivity contribution in [3.05, 3.63) is 24.1 Å². The third-order valence-electron chi connectivity index (χ3n) is 0.891. The summed E-state index contributed by atoms with van der Waals surface area (Å²) in [6, 6.07) is 2.59. The fraction of sp³-hybridized carbons (Fsp3) is 0. The highest BCUT2D eigenvalue weighted by molar-refractivity contribution is 5.44. The lowest BCUT2D eigenvalue weighted by atomic mass is 10.4. The fourth-order valence-corrected chi connectivity index (χ4v) is 0.503. The number of hydrogen-bond donors (Lipinski definition) is 0. The average molecular weight is 138 g/mol. The summed E-state index contributed by atoms with van der Waals surface area (Å²) < 4.78 is 12.4. The number of aromatic nitrogens is 1. The van der Waals surface area contributed by atoms with Gasteiger partial charge in [-0.3, -0.25) is 0 Å². The third-order valence-corrected chi connectivity index (χ3v) is 0.891. The number of aliphatic imine (C=N–C) groups is 1. The van der Waals surface area contributed by atoms with E-state index in [4.69, 9.17) is 0 Å². The van der Waals surface area contributed by atoms with Gasteiger partial charge in [0.05, 0.1) is 0 Å². The molecule has 0 aliphatic heterocycles. The van der Waals surface area contributed by atoms with Gasteiger partial charge >= 0.3 is 0 Å². The molecule has 1 aromatic heterocycles. The van der Waals surface area contributed by atoms with E-state index in [9.17, 15) is 9.18 Å². The SMILES string of the molecule is O=C=Nc1ncccc1F. The first-order valence-electron chi connectivity index (χ1n) is 2.53. The zero-order valence-corrected chi connectivity index (χ0v) is 4.91. The van der Waals surface area contributed by atoms with Gasteiger partial charge in [-0.2, -0.15) is 0 Å². The van der Waals surface area contributed by atoms with Crippen LogP contribution in [0.4, 0.5) is 10.2 Å². The Morgan fingerprint density at radius 3 is 3.10 bits per heavy atom. The Kier molecular flexibility index (Phi) is 1.87. The molecule has 0 radical (unpaired) electrons.